The van der Waals surface area contributed by atoms with Crippen molar-refractivity contribution in [2.75, 3.05) is 24.5 Å². The van der Waals surface area contributed by atoms with Crippen LogP contribution >= 0.6 is 11.6 Å². The van der Waals surface area contributed by atoms with E-state index in [2.05, 4.69) is 20.2 Å². The Balaban J connectivity index is 1.60. The molecular formula is C15H21ClN4O. The van der Waals surface area contributed by atoms with Gasteiger partial charge in [0.05, 0.1) is 0 Å². The summed E-state index contributed by atoms with van der Waals surface area (Å²) in [5.74, 6) is 2.98. The molecule has 1 saturated carbocycles. The lowest BCUT2D eigenvalue weighted by Gasteiger charge is -2.33. The highest BCUT2D eigenvalue weighted by atomic mass is 35.5. The molecule has 1 aromatic rings. The normalized spacial score (nSPS) is 19.6. The predicted molar refractivity (Wildman–Crippen MR) is 82.6 cm³/mol. The first-order valence-electron chi connectivity index (χ1n) is 7.65. The zero-order valence-electron chi connectivity index (χ0n) is 12.3. The number of hydrogen-bond donors (Lipinski definition) is 1. The first kappa shape index (κ1) is 14.6. The van der Waals surface area contributed by atoms with Crippen LogP contribution in [0.15, 0.2) is 6.07 Å². The van der Waals surface area contributed by atoms with Gasteiger partial charge in [-0.1, -0.05) is 11.6 Å². The zero-order valence-corrected chi connectivity index (χ0v) is 13.1. The minimum Gasteiger partial charge on any atom is -0.356 e. The second-order valence-corrected chi connectivity index (χ2v) is 6.44. The van der Waals surface area contributed by atoms with Crippen LogP contribution < -0.4 is 10.2 Å². The molecule has 2 heterocycles. The first-order valence-corrected chi connectivity index (χ1v) is 8.03. The summed E-state index contributed by atoms with van der Waals surface area (Å²) in [6, 6.07) is 1.86. The van der Waals surface area contributed by atoms with E-state index in [0.717, 1.165) is 44.1 Å². The van der Waals surface area contributed by atoms with Crippen molar-refractivity contribution in [3.05, 3.63) is 17.0 Å². The molecule has 1 amide bonds. The maximum atomic E-state index is 11.0. The number of hydrogen-bond acceptors (Lipinski definition) is 4. The number of nitrogens with zero attached hydrogens (tertiary/aromatic N) is 3. The lowest BCUT2D eigenvalue weighted by atomic mass is 9.97. The van der Waals surface area contributed by atoms with Gasteiger partial charge in [0.25, 0.3) is 0 Å². The average molecular weight is 309 g/mol. The van der Waals surface area contributed by atoms with Gasteiger partial charge in [-0.25, -0.2) is 9.97 Å². The van der Waals surface area contributed by atoms with Gasteiger partial charge in [0, 0.05) is 38.5 Å². The number of nitrogens with one attached hydrogen (secondary N) is 1. The SMILES string of the molecule is CC(=O)NCC1CCN(c2cc(Cl)nc(C3CC3)n2)CC1. The van der Waals surface area contributed by atoms with Gasteiger partial charge in [0.2, 0.25) is 5.91 Å². The Kier molecular flexibility index (Phi) is 4.29. The highest BCUT2D eigenvalue weighted by Gasteiger charge is 2.28. The summed E-state index contributed by atoms with van der Waals surface area (Å²) in [6.07, 6.45) is 4.50. The lowest BCUT2D eigenvalue weighted by molar-refractivity contribution is -0.119. The molecule has 6 heteroatoms. The molecule has 2 fully saturated rings. The summed E-state index contributed by atoms with van der Waals surface area (Å²) in [7, 11) is 0. The van der Waals surface area contributed by atoms with Gasteiger partial charge in [-0.3, -0.25) is 4.79 Å². The maximum absolute atomic E-state index is 11.0. The van der Waals surface area contributed by atoms with E-state index < -0.39 is 0 Å². The minimum absolute atomic E-state index is 0.0501. The number of halogens is 1. The monoisotopic (exact) mass is 308 g/mol. The third-order valence-electron chi connectivity index (χ3n) is 4.22. The van der Waals surface area contributed by atoms with Crippen LogP contribution in [0.4, 0.5) is 5.82 Å². The average Bonchev–Trinajstić information content (AvgIpc) is 3.29. The molecule has 21 heavy (non-hydrogen) atoms. The van der Waals surface area contributed by atoms with Crippen LogP contribution in [0.5, 0.6) is 0 Å². The summed E-state index contributed by atoms with van der Waals surface area (Å²) >= 11 is 6.13. The van der Waals surface area contributed by atoms with Crippen molar-refractivity contribution in [1.29, 1.82) is 0 Å². The molecule has 0 radical (unpaired) electrons. The fraction of sp³-hybridized carbons (Fsp3) is 0.667. The van der Waals surface area contributed by atoms with E-state index in [4.69, 9.17) is 11.6 Å². The molecule has 0 spiro atoms. The minimum atomic E-state index is 0.0501. The van der Waals surface area contributed by atoms with Gasteiger partial charge in [0.1, 0.15) is 16.8 Å². The van der Waals surface area contributed by atoms with Crippen LogP contribution in [-0.4, -0.2) is 35.5 Å². The Hall–Kier alpha value is -1.36. The van der Waals surface area contributed by atoms with E-state index in [-0.39, 0.29) is 5.91 Å². The number of piperidine rings is 1. The molecule has 0 bridgehead atoms. The molecule has 0 atom stereocenters. The van der Waals surface area contributed by atoms with Gasteiger partial charge in [-0.15, -0.1) is 0 Å². The van der Waals surface area contributed by atoms with E-state index in [9.17, 15) is 4.79 Å². The van der Waals surface area contributed by atoms with Gasteiger partial charge in [-0.05, 0) is 31.6 Å². The van der Waals surface area contributed by atoms with Crippen LogP contribution in [0.3, 0.4) is 0 Å². The molecule has 1 aromatic heterocycles. The summed E-state index contributed by atoms with van der Waals surface area (Å²) in [5, 5.41) is 3.45. The molecular weight excluding hydrogens is 288 g/mol. The highest BCUT2D eigenvalue weighted by molar-refractivity contribution is 6.29. The largest absolute Gasteiger partial charge is 0.356 e. The van der Waals surface area contributed by atoms with Gasteiger partial charge < -0.3 is 10.2 Å². The Bertz CT molecular complexity index is 524. The molecule has 2 aliphatic rings. The van der Waals surface area contributed by atoms with Crippen molar-refractivity contribution in [3.8, 4) is 0 Å². The molecule has 1 aliphatic carbocycles. The summed E-state index contributed by atoms with van der Waals surface area (Å²) in [6.45, 7) is 4.27. The van der Waals surface area contributed by atoms with Gasteiger partial charge >= 0.3 is 0 Å². The zero-order chi connectivity index (χ0) is 14.8. The molecule has 5 nitrogen and oxygen atoms in total. The molecule has 1 saturated heterocycles. The molecule has 0 aromatic carbocycles. The Morgan fingerprint density at radius 2 is 2.05 bits per heavy atom. The molecule has 3 rings (SSSR count). The molecule has 1 aliphatic heterocycles. The third kappa shape index (κ3) is 3.84. The standard InChI is InChI=1S/C15H21ClN4O/c1-10(21)17-9-11-4-6-20(7-5-11)14-8-13(16)18-15(19-14)12-2-3-12/h8,11-12H,2-7,9H2,1H3,(H,17,21). The number of carbonyl (C=O) groups is 1. The van der Waals surface area contributed by atoms with E-state index >= 15 is 0 Å². The molecule has 1 N–H and O–H groups in total. The third-order valence-corrected chi connectivity index (χ3v) is 4.41. The maximum Gasteiger partial charge on any atom is 0.216 e. The molecule has 114 valence electrons. The van der Waals surface area contributed by atoms with Crippen LogP contribution in [0.25, 0.3) is 0 Å². The Labute approximate surface area is 130 Å². The van der Waals surface area contributed by atoms with Crippen molar-refractivity contribution in [2.45, 2.75) is 38.5 Å². The second kappa shape index (κ2) is 6.18. The van der Waals surface area contributed by atoms with Crippen molar-refractivity contribution < 1.29 is 4.79 Å². The Morgan fingerprint density at radius 1 is 1.33 bits per heavy atom. The smallest absolute Gasteiger partial charge is 0.216 e. The van der Waals surface area contributed by atoms with Crippen molar-refractivity contribution in [3.63, 3.8) is 0 Å². The highest BCUT2D eigenvalue weighted by Crippen LogP contribution is 2.39. The fourth-order valence-electron chi connectivity index (χ4n) is 2.76. The quantitative estimate of drug-likeness (QED) is 0.868. The van der Waals surface area contributed by atoms with Crippen molar-refractivity contribution >= 4 is 23.3 Å². The summed E-state index contributed by atoms with van der Waals surface area (Å²) in [4.78, 5) is 22.3. The fourth-order valence-corrected chi connectivity index (χ4v) is 2.95. The first-order chi connectivity index (χ1) is 10.1. The lowest BCUT2D eigenvalue weighted by Crippen LogP contribution is -2.38. The molecule has 0 unspecified atom stereocenters. The predicted octanol–water partition coefficient (Wildman–Crippen LogP) is 2.36. The second-order valence-electron chi connectivity index (χ2n) is 6.05. The van der Waals surface area contributed by atoms with E-state index in [1.165, 1.54) is 12.8 Å². The number of amides is 1. The number of rotatable bonds is 4. The van der Waals surface area contributed by atoms with Crippen molar-refractivity contribution in [2.24, 2.45) is 5.92 Å². The Morgan fingerprint density at radius 3 is 2.67 bits per heavy atom. The number of carbonyl (C=O) groups excluding carboxylic acids is 1. The topological polar surface area (TPSA) is 58.1 Å². The van der Waals surface area contributed by atoms with Crippen LogP contribution in [0, 0.1) is 5.92 Å². The van der Waals surface area contributed by atoms with E-state index in [1.54, 1.807) is 6.92 Å². The van der Waals surface area contributed by atoms with E-state index in [1.807, 2.05) is 6.07 Å². The van der Waals surface area contributed by atoms with Crippen molar-refractivity contribution in [1.82, 2.24) is 15.3 Å². The van der Waals surface area contributed by atoms with Crippen LogP contribution in [-0.2, 0) is 4.79 Å². The van der Waals surface area contributed by atoms with E-state index in [0.29, 0.717) is 17.0 Å². The summed E-state index contributed by atoms with van der Waals surface area (Å²) in [5.41, 5.74) is 0. The van der Waals surface area contributed by atoms with Crippen LogP contribution in [0.2, 0.25) is 5.15 Å². The van der Waals surface area contributed by atoms with Gasteiger partial charge in [0.15, 0.2) is 0 Å². The van der Waals surface area contributed by atoms with Gasteiger partial charge in [-0.2, -0.15) is 0 Å². The number of anilines is 1. The summed E-state index contributed by atoms with van der Waals surface area (Å²) < 4.78 is 0. The number of aromatic nitrogens is 2. The van der Waals surface area contributed by atoms with Crippen LogP contribution in [0.1, 0.15) is 44.3 Å².